The number of nitrogens with one attached hydrogen (secondary N) is 1. The van der Waals surface area contributed by atoms with Crippen LogP contribution in [0, 0.1) is 12.8 Å². The lowest BCUT2D eigenvalue weighted by Gasteiger charge is -2.32. The summed E-state index contributed by atoms with van der Waals surface area (Å²) in [6, 6.07) is 7.97. The van der Waals surface area contributed by atoms with Gasteiger partial charge in [0.25, 0.3) is 5.91 Å². The van der Waals surface area contributed by atoms with Crippen molar-refractivity contribution in [3.8, 4) is 0 Å². The van der Waals surface area contributed by atoms with Crippen molar-refractivity contribution >= 4 is 5.91 Å². The molecule has 1 aromatic carbocycles. The third kappa shape index (κ3) is 2.61. The van der Waals surface area contributed by atoms with Gasteiger partial charge in [0.2, 0.25) is 0 Å². The maximum Gasteiger partial charge on any atom is 0.251 e. The predicted molar refractivity (Wildman–Crippen MR) is 64.2 cm³/mol. The molecule has 0 atom stereocenters. The first-order valence-corrected chi connectivity index (χ1v) is 5.75. The molecule has 1 aliphatic rings. The molecular formula is C13H18N2O. The number of carbonyl (C=O) groups is 1. The smallest absolute Gasteiger partial charge is 0.251 e. The number of carbonyl (C=O) groups excluding carboxylic acids is 1. The molecule has 1 fully saturated rings. The molecule has 3 heteroatoms. The maximum atomic E-state index is 11.7. The van der Waals surface area contributed by atoms with Gasteiger partial charge in [0.05, 0.1) is 0 Å². The molecule has 1 saturated carbocycles. The molecule has 0 bridgehead atoms. The Morgan fingerprint density at radius 2 is 2.00 bits per heavy atom. The average Bonchev–Trinajstić information content (AvgIpc) is 2.23. The van der Waals surface area contributed by atoms with E-state index in [1.807, 2.05) is 31.2 Å². The molecular weight excluding hydrogens is 200 g/mol. The van der Waals surface area contributed by atoms with Crippen LogP contribution in [0.25, 0.3) is 0 Å². The second kappa shape index (κ2) is 4.66. The lowest BCUT2D eigenvalue weighted by Crippen LogP contribution is -2.42. The van der Waals surface area contributed by atoms with Crippen molar-refractivity contribution in [2.24, 2.45) is 11.7 Å². The van der Waals surface area contributed by atoms with E-state index in [9.17, 15) is 4.79 Å². The molecule has 1 aromatic rings. The second-order valence-corrected chi connectivity index (χ2v) is 4.67. The van der Waals surface area contributed by atoms with Gasteiger partial charge in [-0.25, -0.2) is 0 Å². The normalized spacial score (nSPS) is 23.6. The van der Waals surface area contributed by atoms with Crippen molar-refractivity contribution in [3.05, 3.63) is 35.4 Å². The number of hydrogen-bond acceptors (Lipinski definition) is 2. The minimum absolute atomic E-state index is 0.0143. The van der Waals surface area contributed by atoms with Gasteiger partial charge in [0, 0.05) is 18.2 Å². The molecule has 0 heterocycles. The van der Waals surface area contributed by atoms with Crippen LogP contribution in [0.3, 0.4) is 0 Å². The zero-order chi connectivity index (χ0) is 11.5. The predicted octanol–water partition coefficient (Wildman–Crippen LogP) is 1.46. The fourth-order valence-corrected chi connectivity index (χ4v) is 2.00. The van der Waals surface area contributed by atoms with Crippen molar-refractivity contribution in [2.75, 3.05) is 6.54 Å². The molecule has 0 saturated heterocycles. The summed E-state index contributed by atoms with van der Waals surface area (Å²) >= 11 is 0. The molecule has 2 rings (SSSR count). The lowest BCUT2D eigenvalue weighted by molar-refractivity contribution is 0.0935. The number of amides is 1. The highest BCUT2D eigenvalue weighted by atomic mass is 16.1. The van der Waals surface area contributed by atoms with Crippen LogP contribution in [0.2, 0.25) is 0 Å². The molecule has 0 aliphatic heterocycles. The summed E-state index contributed by atoms with van der Waals surface area (Å²) in [6.45, 7) is 2.76. The quantitative estimate of drug-likeness (QED) is 0.807. The van der Waals surface area contributed by atoms with Crippen LogP contribution in [0.4, 0.5) is 0 Å². The molecule has 0 radical (unpaired) electrons. The molecule has 0 spiro atoms. The lowest BCUT2D eigenvalue weighted by atomic mass is 9.81. The molecule has 16 heavy (non-hydrogen) atoms. The van der Waals surface area contributed by atoms with Gasteiger partial charge in [-0.1, -0.05) is 17.7 Å². The number of hydrogen-bond donors (Lipinski definition) is 2. The Morgan fingerprint density at radius 1 is 1.38 bits per heavy atom. The van der Waals surface area contributed by atoms with E-state index in [1.54, 1.807) is 0 Å². The van der Waals surface area contributed by atoms with Crippen molar-refractivity contribution in [3.63, 3.8) is 0 Å². The van der Waals surface area contributed by atoms with E-state index in [0.29, 0.717) is 12.0 Å². The Kier molecular flexibility index (Phi) is 3.25. The van der Waals surface area contributed by atoms with Crippen LogP contribution in [0.15, 0.2) is 24.3 Å². The van der Waals surface area contributed by atoms with E-state index in [2.05, 4.69) is 5.32 Å². The van der Waals surface area contributed by atoms with Crippen molar-refractivity contribution in [1.29, 1.82) is 0 Å². The summed E-state index contributed by atoms with van der Waals surface area (Å²) in [5, 5.41) is 2.95. The van der Waals surface area contributed by atoms with E-state index < -0.39 is 0 Å². The monoisotopic (exact) mass is 218 g/mol. The third-order valence-corrected chi connectivity index (χ3v) is 3.14. The maximum absolute atomic E-state index is 11.7. The van der Waals surface area contributed by atoms with Crippen LogP contribution < -0.4 is 11.1 Å². The van der Waals surface area contributed by atoms with Gasteiger partial charge in [-0.05, 0) is 37.8 Å². The summed E-state index contributed by atoms with van der Waals surface area (Å²) in [7, 11) is 0. The minimum Gasteiger partial charge on any atom is -0.352 e. The highest BCUT2D eigenvalue weighted by Gasteiger charge is 2.25. The van der Waals surface area contributed by atoms with Gasteiger partial charge >= 0.3 is 0 Å². The van der Waals surface area contributed by atoms with Gasteiger partial charge in [-0.2, -0.15) is 0 Å². The zero-order valence-electron chi connectivity index (χ0n) is 9.57. The molecule has 1 aliphatic carbocycles. The van der Waals surface area contributed by atoms with Crippen LogP contribution >= 0.6 is 0 Å². The van der Waals surface area contributed by atoms with Gasteiger partial charge in [0.15, 0.2) is 0 Å². The molecule has 0 aromatic heterocycles. The van der Waals surface area contributed by atoms with Crippen LogP contribution in [0.5, 0.6) is 0 Å². The Labute approximate surface area is 96.0 Å². The van der Waals surface area contributed by atoms with Crippen molar-refractivity contribution in [2.45, 2.75) is 25.8 Å². The summed E-state index contributed by atoms with van der Waals surface area (Å²) < 4.78 is 0. The van der Waals surface area contributed by atoms with Gasteiger partial charge in [0.1, 0.15) is 0 Å². The first-order chi connectivity index (χ1) is 7.65. The van der Waals surface area contributed by atoms with Crippen molar-refractivity contribution < 1.29 is 4.79 Å². The second-order valence-electron chi connectivity index (χ2n) is 4.67. The highest BCUT2D eigenvalue weighted by Crippen LogP contribution is 2.24. The fraction of sp³-hybridized carbons (Fsp3) is 0.462. The number of rotatable bonds is 3. The largest absolute Gasteiger partial charge is 0.352 e. The van der Waals surface area contributed by atoms with Gasteiger partial charge in [-0.15, -0.1) is 0 Å². The molecule has 3 N–H and O–H groups in total. The van der Waals surface area contributed by atoms with Crippen LogP contribution in [-0.2, 0) is 0 Å². The van der Waals surface area contributed by atoms with Gasteiger partial charge in [-0.3, -0.25) is 4.79 Å². The third-order valence-electron chi connectivity index (χ3n) is 3.14. The van der Waals surface area contributed by atoms with Crippen LogP contribution in [-0.4, -0.2) is 18.5 Å². The molecule has 3 nitrogen and oxygen atoms in total. The van der Waals surface area contributed by atoms with Crippen LogP contribution in [0.1, 0.15) is 28.8 Å². The zero-order valence-corrected chi connectivity index (χ0v) is 9.57. The van der Waals surface area contributed by atoms with E-state index >= 15 is 0 Å². The number of benzene rings is 1. The first kappa shape index (κ1) is 11.1. The average molecular weight is 218 g/mol. The molecule has 0 unspecified atom stereocenters. The van der Waals surface area contributed by atoms with Crippen molar-refractivity contribution in [1.82, 2.24) is 5.32 Å². The summed E-state index contributed by atoms with van der Waals surface area (Å²) in [5.41, 5.74) is 7.59. The molecule has 1 amide bonds. The number of nitrogens with two attached hydrogens (primary N) is 1. The molecule has 86 valence electrons. The Hall–Kier alpha value is -1.35. The minimum atomic E-state index is 0.0143. The Morgan fingerprint density at radius 3 is 2.56 bits per heavy atom. The fourth-order valence-electron chi connectivity index (χ4n) is 2.00. The highest BCUT2D eigenvalue weighted by molar-refractivity contribution is 5.94. The Balaban J connectivity index is 1.81. The van der Waals surface area contributed by atoms with E-state index in [-0.39, 0.29) is 5.91 Å². The van der Waals surface area contributed by atoms with E-state index in [4.69, 9.17) is 5.73 Å². The number of aryl methyl sites for hydroxylation is 1. The topological polar surface area (TPSA) is 55.1 Å². The summed E-state index contributed by atoms with van der Waals surface area (Å²) in [4.78, 5) is 11.7. The van der Waals surface area contributed by atoms with E-state index in [0.717, 1.165) is 24.9 Å². The van der Waals surface area contributed by atoms with Gasteiger partial charge < -0.3 is 11.1 Å². The van der Waals surface area contributed by atoms with E-state index in [1.165, 1.54) is 5.56 Å². The summed E-state index contributed by atoms with van der Waals surface area (Å²) in [5.74, 6) is 0.588. The SMILES string of the molecule is Cc1ccc(C(=O)NCC2CC(N)C2)cc1. The first-order valence-electron chi connectivity index (χ1n) is 5.75. The summed E-state index contributed by atoms with van der Waals surface area (Å²) in [6.07, 6.45) is 2.07. The standard InChI is InChI=1S/C13H18N2O/c1-9-2-4-11(5-3-9)13(16)15-8-10-6-12(14)7-10/h2-5,10,12H,6-8,14H2,1H3,(H,15,16). The Bertz CT molecular complexity index is 366.